The topological polar surface area (TPSA) is 102 Å². The van der Waals surface area contributed by atoms with Gasteiger partial charge >= 0.3 is 0 Å². The minimum atomic E-state index is -0.531. The van der Waals surface area contributed by atoms with Gasteiger partial charge in [0.15, 0.2) is 5.96 Å². The Balaban J connectivity index is 1.90. The molecule has 3 rings (SSSR count). The molecule has 1 fully saturated rings. The van der Waals surface area contributed by atoms with Gasteiger partial charge in [-0.1, -0.05) is 19.3 Å². The summed E-state index contributed by atoms with van der Waals surface area (Å²) in [4.78, 5) is 34.1. The van der Waals surface area contributed by atoms with Gasteiger partial charge in [-0.2, -0.15) is 0 Å². The fraction of sp³-hybridized carbons (Fsp3) is 0.474. The molecule has 0 unspecified atom stereocenters. The van der Waals surface area contributed by atoms with Gasteiger partial charge < -0.3 is 10.3 Å². The van der Waals surface area contributed by atoms with E-state index in [4.69, 9.17) is 5.73 Å². The second-order valence-electron chi connectivity index (χ2n) is 6.74. The van der Waals surface area contributed by atoms with Crippen LogP contribution in [0.5, 0.6) is 0 Å². The van der Waals surface area contributed by atoms with Crippen molar-refractivity contribution in [2.45, 2.75) is 58.5 Å². The van der Waals surface area contributed by atoms with E-state index in [9.17, 15) is 9.59 Å². The predicted molar refractivity (Wildman–Crippen MR) is 102 cm³/mol. The molecule has 0 atom stereocenters. The van der Waals surface area contributed by atoms with Crippen LogP contribution in [0.1, 0.15) is 55.1 Å². The highest BCUT2D eigenvalue weighted by atomic mass is 16.2. The van der Waals surface area contributed by atoms with Gasteiger partial charge in [-0.25, -0.2) is 9.98 Å². The monoisotopic (exact) mass is 355 g/mol. The average Bonchev–Trinajstić information content (AvgIpc) is 2.62. The number of guanidine groups is 1. The molecule has 2 aromatic rings. The second kappa shape index (κ2) is 7.68. The number of fused-ring (bicyclic) bond motifs is 1. The van der Waals surface area contributed by atoms with Gasteiger partial charge in [0.25, 0.3) is 5.91 Å². The molecule has 0 aromatic carbocycles. The number of hydrogen-bond acceptors (Lipinski definition) is 4. The van der Waals surface area contributed by atoms with E-state index in [1.807, 2.05) is 13.8 Å². The van der Waals surface area contributed by atoms with Crippen LogP contribution < -0.4 is 16.5 Å². The first kappa shape index (κ1) is 18.1. The van der Waals surface area contributed by atoms with Crippen molar-refractivity contribution in [1.82, 2.24) is 14.9 Å². The van der Waals surface area contributed by atoms with Crippen LogP contribution in [0, 0.1) is 6.92 Å². The van der Waals surface area contributed by atoms with Gasteiger partial charge in [-0.15, -0.1) is 0 Å². The van der Waals surface area contributed by atoms with Crippen LogP contribution in [-0.4, -0.2) is 27.5 Å². The SMILES string of the molecule is CCn1cc(C(=O)NC(N)=NC2CCCCC2)c(=O)c2ccc(C)nc21. The van der Waals surface area contributed by atoms with Crippen molar-refractivity contribution in [2.24, 2.45) is 10.7 Å². The molecule has 7 nitrogen and oxygen atoms in total. The Morgan fingerprint density at radius 3 is 2.77 bits per heavy atom. The molecule has 0 radical (unpaired) electrons. The number of aryl methyl sites for hydroxylation is 2. The summed E-state index contributed by atoms with van der Waals surface area (Å²) in [7, 11) is 0. The maximum atomic E-state index is 12.7. The molecule has 1 aliphatic carbocycles. The van der Waals surface area contributed by atoms with Gasteiger partial charge in [-0.05, 0) is 38.8 Å². The fourth-order valence-corrected chi connectivity index (χ4v) is 3.39. The third kappa shape index (κ3) is 3.76. The lowest BCUT2D eigenvalue weighted by Crippen LogP contribution is -2.40. The number of aliphatic imine (C=N–C) groups is 1. The highest BCUT2D eigenvalue weighted by molar-refractivity contribution is 6.06. The molecule has 0 saturated heterocycles. The Kier molecular flexibility index (Phi) is 5.35. The number of amides is 1. The van der Waals surface area contributed by atoms with E-state index in [0.29, 0.717) is 17.6 Å². The Bertz CT molecular complexity index is 910. The number of rotatable bonds is 3. The predicted octanol–water partition coefficient (Wildman–Crippen LogP) is 2.10. The summed E-state index contributed by atoms with van der Waals surface area (Å²) in [5.41, 5.74) is 6.99. The smallest absolute Gasteiger partial charge is 0.263 e. The van der Waals surface area contributed by atoms with Crippen molar-refractivity contribution in [3.8, 4) is 0 Å². The summed E-state index contributed by atoms with van der Waals surface area (Å²) in [5.74, 6) is -0.455. The van der Waals surface area contributed by atoms with Crippen molar-refractivity contribution in [1.29, 1.82) is 0 Å². The van der Waals surface area contributed by atoms with Crippen molar-refractivity contribution < 1.29 is 4.79 Å². The van der Waals surface area contributed by atoms with Gasteiger partial charge in [0.1, 0.15) is 11.2 Å². The third-order valence-electron chi connectivity index (χ3n) is 4.78. The van der Waals surface area contributed by atoms with Crippen molar-refractivity contribution in [2.75, 3.05) is 0 Å². The first-order valence-electron chi connectivity index (χ1n) is 9.15. The number of nitrogens with one attached hydrogen (secondary N) is 1. The van der Waals surface area contributed by atoms with Gasteiger partial charge in [-0.3, -0.25) is 14.9 Å². The lowest BCUT2D eigenvalue weighted by molar-refractivity contribution is 0.0975. The molecule has 1 saturated carbocycles. The molecule has 1 aliphatic rings. The molecule has 0 spiro atoms. The molecule has 26 heavy (non-hydrogen) atoms. The summed E-state index contributed by atoms with van der Waals surface area (Å²) in [6, 6.07) is 3.63. The molecule has 0 aliphatic heterocycles. The van der Waals surface area contributed by atoms with Crippen LogP contribution in [0.25, 0.3) is 11.0 Å². The number of pyridine rings is 2. The molecule has 138 valence electrons. The summed E-state index contributed by atoms with van der Waals surface area (Å²) >= 11 is 0. The molecule has 1 amide bonds. The number of hydrogen-bond donors (Lipinski definition) is 2. The van der Waals surface area contributed by atoms with Gasteiger partial charge in [0.2, 0.25) is 5.43 Å². The quantitative estimate of drug-likeness (QED) is 0.650. The molecule has 7 heteroatoms. The average molecular weight is 355 g/mol. The third-order valence-corrected chi connectivity index (χ3v) is 4.78. The van der Waals surface area contributed by atoms with Crippen LogP contribution in [0.15, 0.2) is 28.1 Å². The summed E-state index contributed by atoms with van der Waals surface area (Å²) in [6.45, 7) is 4.40. The molecule has 2 heterocycles. The highest BCUT2D eigenvalue weighted by Gasteiger charge is 2.18. The Morgan fingerprint density at radius 1 is 1.35 bits per heavy atom. The van der Waals surface area contributed by atoms with Crippen molar-refractivity contribution >= 4 is 22.9 Å². The van der Waals surface area contributed by atoms with E-state index in [2.05, 4.69) is 15.3 Å². The number of nitrogens with zero attached hydrogens (tertiary/aromatic N) is 3. The maximum absolute atomic E-state index is 12.7. The van der Waals surface area contributed by atoms with Crippen LogP contribution in [0.4, 0.5) is 0 Å². The fourth-order valence-electron chi connectivity index (χ4n) is 3.39. The standard InChI is InChI=1S/C19H25N5O2/c1-3-24-11-15(16(25)14-10-9-12(2)21-17(14)24)18(26)23-19(20)22-13-7-5-4-6-8-13/h9-11,13H,3-8H2,1-2H3,(H3,20,22,23,26). The van der Waals surface area contributed by atoms with E-state index in [-0.39, 0.29) is 23.0 Å². The second-order valence-corrected chi connectivity index (χ2v) is 6.74. The number of aromatic nitrogens is 2. The zero-order chi connectivity index (χ0) is 18.7. The summed E-state index contributed by atoms with van der Waals surface area (Å²) in [5, 5.41) is 2.99. The zero-order valence-corrected chi connectivity index (χ0v) is 15.3. The summed E-state index contributed by atoms with van der Waals surface area (Å²) < 4.78 is 1.80. The largest absolute Gasteiger partial charge is 0.370 e. The highest BCUT2D eigenvalue weighted by Crippen LogP contribution is 2.20. The molecular weight excluding hydrogens is 330 g/mol. The number of carbonyl (C=O) groups excluding carboxylic acids is 1. The molecule has 3 N–H and O–H groups in total. The van der Waals surface area contributed by atoms with Gasteiger partial charge in [0.05, 0.1) is 11.4 Å². The normalized spacial score (nSPS) is 16.0. The van der Waals surface area contributed by atoms with E-state index >= 15 is 0 Å². The van der Waals surface area contributed by atoms with Crippen LogP contribution in [0.3, 0.4) is 0 Å². The van der Waals surface area contributed by atoms with E-state index in [1.54, 1.807) is 22.9 Å². The Morgan fingerprint density at radius 2 is 2.08 bits per heavy atom. The first-order chi connectivity index (χ1) is 12.5. The van der Waals surface area contributed by atoms with Crippen molar-refractivity contribution in [3.05, 3.63) is 39.8 Å². The van der Waals surface area contributed by atoms with Crippen LogP contribution in [-0.2, 0) is 6.54 Å². The van der Waals surface area contributed by atoms with Crippen LogP contribution in [0.2, 0.25) is 0 Å². The number of nitrogens with two attached hydrogens (primary N) is 1. The minimum absolute atomic E-state index is 0.0480. The Hall–Kier alpha value is -2.70. The van der Waals surface area contributed by atoms with Crippen molar-refractivity contribution in [3.63, 3.8) is 0 Å². The van der Waals surface area contributed by atoms with Crippen LogP contribution >= 0.6 is 0 Å². The van der Waals surface area contributed by atoms with E-state index in [0.717, 1.165) is 31.4 Å². The maximum Gasteiger partial charge on any atom is 0.263 e. The lowest BCUT2D eigenvalue weighted by Gasteiger charge is -2.18. The zero-order valence-electron chi connectivity index (χ0n) is 15.3. The lowest BCUT2D eigenvalue weighted by atomic mass is 9.96. The van der Waals surface area contributed by atoms with E-state index in [1.165, 1.54) is 6.42 Å². The first-order valence-corrected chi connectivity index (χ1v) is 9.15. The Labute approximate surface area is 152 Å². The number of carbonyl (C=O) groups is 1. The molecular formula is C19H25N5O2. The minimum Gasteiger partial charge on any atom is -0.370 e. The van der Waals surface area contributed by atoms with Gasteiger partial charge in [0, 0.05) is 18.4 Å². The van der Waals surface area contributed by atoms with E-state index < -0.39 is 5.91 Å². The molecule has 0 bridgehead atoms. The molecule has 2 aromatic heterocycles. The summed E-state index contributed by atoms with van der Waals surface area (Å²) in [6.07, 6.45) is 7.00.